The summed E-state index contributed by atoms with van der Waals surface area (Å²) in [4.78, 5) is 34.3. The van der Waals surface area contributed by atoms with Crippen molar-refractivity contribution in [3.05, 3.63) is 80.5 Å². The Kier molecular flexibility index (Phi) is 8.49. The predicted octanol–water partition coefficient (Wildman–Crippen LogP) is 5.01. The number of nitrogens with one attached hydrogen (secondary N) is 2. The minimum Gasteiger partial charge on any atom is -0.493 e. The Morgan fingerprint density at radius 3 is 2.36 bits per heavy atom. The third kappa shape index (κ3) is 5.73. The smallest absolute Gasteiger partial charge is 0.337 e. The highest BCUT2D eigenvalue weighted by atomic mass is 32.2. The van der Waals surface area contributed by atoms with E-state index in [0.717, 1.165) is 0 Å². The monoisotopic (exact) mass is 555 g/mol. The van der Waals surface area contributed by atoms with Crippen molar-refractivity contribution in [3.8, 4) is 17.2 Å². The van der Waals surface area contributed by atoms with E-state index < -0.39 is 17.4 Å². The SMILES string of the molecule is COc1cc(C2C(C(=O)OC(C)C)=C(C)Nc3nc(SCc4ccccc4F)[nH]c(=O)c32)cc(OC)c1OC. The summed E-state index contributed by atoms with van der Waals surface area (Å²) in [5, 5.41) is 3.41. The van der Waals surface area contributed by atoms with Crippen LogP contribution >= 0.6 is 11.8 Å². The highest BCUT2D eigenvalue weighted by Crippen LogP contribution is 2.46. The number of H-pyrrole nitrogens is 1. The summed E-state index contributed by atoms with van der Waals surface area (Å²) in [6.45, 7) is 5.22. The van der Waals surface area contributed by atoms with Gasteiger partial charge in [0.05, 0.1) is 44.5 Å². The van der Waals surface area contributed by atoms with Crippen molar-refractivity contribution in [1.29, 1.82) is 0 Å². The molecule has 2 heterocycles. The summed E-state index contributed by atoms with van der Waals surface area (Å²) in [5.41, 5.74) is 1.53. The summed E-state index contributed by atoms with van der Waals surface area (Å²) < 4.78 is 36.2. The molecule has 0 saturated carbocycles. The van der Waals surface area contributed by atoms with Crippen LogP contribution in [-0.2, 0) is 15.3 Å². The normalized spacial score (nSPS) is 14.5. The van der Waals surface area contributed by atoms with Gasteiger partial charge in [0.2, 0.25) is 5.75 Å². The number of allylic oxidation sites excluding steroid dienone is 1. The van der Waals surface area contributed by atoms with Crippen LogP contribution in [0.4, 0.5) is 10.2 Å². The third-order valence-electron chi connectivity index (χ3n) is 6.13. The lowest BCUT2D eigenvalue weighted by Gasteiger charge is -2.30. The molecule has 0 fully saturated rings. The van der Waals surface area contributed by atoms with Crippen LogP contribution in [0.5, 0.6) is 17.2 Å². The molecule has 11 heteroatoms. The molecule has 2 aromatic carbocycles. The number of carbonyl (C=O) groups is 1. The first-order valence-corrected chi connectivity index (χ1v) is 13.2. The Balaban J connectivity index is 1.86. The van der Waals surface area contributed by atoms with Crippen molar-refractivity contribution in [3.63, 3.8) is 0 Å². The molecule has 1 unspecified atom stereocenters. The van der Waals surface area contributed by atoms with E-state index in [1.54, 1.807) is 51.1 Å². The van der Waals surface area contributed by atoms with Gasteiger partial charge in [-0.2, -0.15) is 0 Å². The van der Waals surface area contributed by atoms with Gasteiger partial charge in [-0.05, 0) is 50.1 Å². The molecule has 1 aliphatic heterocycles. The molecule has 1 aliphatic rings. The van der Waals surface area contributed by atoms with Crippen LogP contribution in [0.1, 0.15) is 43.4 Å². The van der Waals surface area contributed by atoms with Crippen molar-refractivity contribution >= 4 is 23.5 Å². The van der Waals surface area contributed by atoms with Gasteiger partial charge in [0.1, 0.15) is 11.6 Å². The van der Waals surface area contributed by atoms with E-state index >= 15 is 0 Å². The standard InChI is InChI=1S/C28H30FN3O6S/c1-14(2)38-27(34)21-15(3)30-25-23(22(21)17-11-19(35-4)24(37-6)20(12-17)36-5)26(33)32-28(31-25)39-13-16-9-7-8-10-18(16)29/h7-12,14,22H,13H2,1-6H3,(H2,30,31,32,33). The number of ether oxygens (including phenoxy) is 4. The predicted molar refractivity (Wildman–Crippen MR) is 146 cm³/mol. The molecular weight excluding hydrogens is 525 g/mol. The number of fused-ring (bicyclic) bond motifs is 1. The van der Waals surface area contributed by atoms with E-state index in [0.29, 0.717) is 39.2 Å². The number of aromatic nitrogens is 2. The maximum absolute atomic E-state index is 14.1. The molecule has 2 N–H and O–H groups in total. The fourth-order valence-electron chi connectivity index (χ4n) is 4.41. The number of carbonyl (C=O) groups excluding carboxylic acids is 1. The second-order valence-corrected chi connectivity index (χ2v) is 9.99. The van der Waals surface area contributed by atoms with Gasteiger partial charge in [0, 0.05) is 11.4 Å². The molecule has 0 bridgehead atoms. The van der Waals surface area contributed by atoms with Gasteiger partial charge in [-0.3, -0.25) is 4.79 Å². The van der Waals surface area contributed by atoms with Gasteiger partial charge >= 0.3 is 5.97 Å². The first-order chi connectivity index (χ1) is 18.7. The first kappa shape index (κ1) is 28.0. The molecule has 1 atom stereocenters. The van der Waals surface area contributed by atoms with E-state index in [1.165, 1.54) is 39.2 Å². The minimum absolute atomic E-state index is 0.223. The zero-order valence-corrected chi connectivity index (χ0v) is 23.3. The molecule has 1 aromatic heterocycles. The maximum atomic E-state index is 14.1. The number of aromatic amines is 1. The number of benzene rings is 2. The van der Waals surface area contributed by atoms with E-state index in [4.69, 9.17) is 18.9 Å². The second-order valence-electron chi connectivity index (χ2n) is 9.02. The van der Waals surface area contributed by atoms with Gasteiger partial charge in [0.25, 0.3) is 5.56 Å². The molecule has 0 spiro atoms. The third-order valence-corrected chi connectivity index (χ3v) is 7.05. The summed E-state index contributed by atoms with van der Waals surface area (Å²) >= 11 is 1.19. The van der Waals surface area contributed by atoms with Crippen LogP contribution in [0.25, 0.3) is 0 Å². The van der Waals surface area contributed by atoms with Crippen LogP contribution < -0.4 is 25.1 Å². The van der Waals surface area contributed by atoms with Crippen LogP contribution in [0.2, 0.25) is 0 Å². The minimum atomic E-state index is -0.858. The highest BCUT2D eigenvalue weighted by Gasteiger charge is 2.38. The average Bonchev–Trinajstić information content (AvgIpc) is 2.90. The number of methoxy groups -OCH3 is 3. The number of anilines is 1. The van der Waals surface area contributed by atoms with Gasteiger partial charge < -0.3 is 29.2 Å². The Morgan fingerprint density at radius 2 is 1.77 bits per heavy atom. The molecule has 0 aliphatic carbocycles. The van der Waals surface area contributed by atoms with Gasteiger partial charge in [-0.15, -0.1) is 0 Å². The number of hydrogen-bond donors (Lipinski definition) is 2. The van der Waals surface area contributed by atoms with E-state index in [2.05, 4.69) is 15.3 Å². The van der Waals surface area contributed by atoms with Gasteiger partial charge in [-0.1, -0.05) is 30.0 Å². The summed E-state index contributed by atoms with van der Waals surface area (Å²) in [6.07, 6.45) is -0.381. The van der Waals surface area contributed by atoms with Crippen LogP contribution in [-0.4, -0.2) is 43.4 Å². The van der Waals surface area contributed by atoms with E-state index in [1.807, 2.05) is 0 Å². The van der Waals surface area contributed by atoms with Gasteiger partial charge in [-0.25, -0.2) is 14.2 Å². The van der Waals surface area contributed by atoms with Crippen molar-refractivity contribution in [2.75, 3.05) is 26.6 Å². The Bertz CT molecular complexity index is 1460. The largest absolute Gasteiger partial charge is 0.493 e. The molecule has 0 amide bonds. The van der Waals surface area contributed by atoms with Crippen molar-refractivity contribution in [2.24, 2.45) is 0 Å². The second kappa shape index (κ2) is 11.8. The van der Waals surface area contributed by atoms with Crippen LogP contribution in [0.3, 0.4) is 0 Å². The number of hydrogen-bond acceptors (Lipinski definition) is 9. The topological polar surface area (TPSA) is 112 Å². The quantitative estimate of drug-likeness (QED) is 0.214. The van der Waals surface area contributed by atoms with Crippen LogP contribution in [0.15, 0.2) is 57.6 Å². The average molecular weight is 556 g/mol. The van der Waals surface area contributed by atoms with Crippen molar-refractivity contribution in [2.45, 2.75) is 43.7 Å². The van der Waals surface area contributed by atoms with E-state index in [9.17, 15) is 14.0 Å². The van der Waals surface area contributed by atoms with Crippen molar-refractivity contribution in [1.82, 2.24) is 9.97 Å². The lowest BCUT2D eigenvalue weighted by molar-refractivity contribution is -0.143. The summed E-state index contributed by atoms with van der Waals surface area (Å²) in [5.74, 6) is -0.113. The molecule has 3 aromatic rings. The molecular formula is C28H30FN3O6S. The Morgan fingerprint density at radius 1 is 1.10 bits per heavy atom. The molecule has 0 radical (unpaired) electrons. The van der Waals surface area contributed by atoms with Crippen molar-refractivity contribution < 1.29 is 28.1 Å². The first-order valence-electron chi connectivity index (χ1n) is 12.2. The summed E-state index contributed by atoms with van der Waals surface area (Å²) in [7, 11) is 4.46. The molecule has 4 rings (SSSR count). The Hall–Kier alpha value is -3.99. The lowest BCUT2D eigenvalue weighted by atomic mass is 9.82. The molecule has 206 valence electrons. The summed E-state index contributed by atoms with van der Waals surface area (Å²) in [6, 6.07) is 9.81. The molecule has 0 saturated heterocycles. The Labute approximate surface area is 229 Å². The number of nitrogens with zero attached hydrogens (tertiary/aromatic N) is 1. The maximum Gasteiger partial charge on any atom is 0.337 e. The zero-order chi connectivity index (χ0) is 28.3. The fourth-order valence-corrected chi connectivity index (χ4v) is 5.26. The number of rotatable bonds is 9. The van der Waals surface area contributed by atoms with Gasteiger partial charge in [0.15, 0.2) is 16.7 Å². The molecule has 9 nitrogen and oxygen atoms in total. The lowest BCUT2D eigenvalue weighted by Crippen LogP contribution is -2.32. The number of halogens is 1. The molecule has 39 heavy (non-hydrogen) atoms. The van der Waals surface area contributed by atoms with Crippen LogP contribution in [0, 0.1) is 5.82 Å². The zero-order valence-electron chi connectivity index (χ0n) is 22.5. The fraction of sp³-hybridized carbons (Fsp3) is 0.321. The number of esters is 1. The number of thioether (sulfide) groups is 1. The van der Waals surface area contributed by atoms with E-state index in [-0.39, 0.29) is 34.6 Å². The highest BCUT2D eigenvalue weighted by molar-refractivity contribution is 7.98.